The number of phenols is 1. The van der Waals surface area contributed by atoms with Crippen LogP contribution in [0.4, 0.5) is 5.69 Å². The van der Waals surface area contributed by atoms with Crippen LogP contribution in [0.15, 0.2) is 40.9 Å². The summed E-state index contributed by atoms with van der Waals surface area (Å²) in [5, 5.41) is 24.4. The average molecular weight is 404 g/mol. The second-order valence-corrected chi connectivity index (χ2v) is 5.90. The fourth-order valence-electron chi connectivity index (χ4n) is 2.40. The van der Waals surface area contributed by atoms with Crippen LogP contribution in [-0.2, 0) is 0 Å². The third-order valence-corrected chi connectivity index (χ3v) is 4.03. The first kappa shape index (κ1) is 19.2. The predicted octanol–water partition coefficient (Wildman–Crippen LogP) is 4.10. The van der Waals surface area contributed by atoms with Crippen LogP contribution in [0.25, 0.3) is 22.5 Å². The molecule has 0 aliphatic heterocycles. The summed E-state index contributed by atoms with van der Waals surface area (Å²) in [7, 11) is 3.04. The maximum Gasteiger partial charge on any atom is 0.311 e. The van der Waals surface area contributed by atoms with Crippen LogP contribution in [0.3, 0.4) is 0 Å². The van der Waals surface area contributed by atoms with Crippen molar-refractivity contribution in [3.63, 3.8) is 0 Å². The quantitative estimate of drug-likeness (QED) is 0.482. The molecule has 10 heteroatoms. The Balaban J connectivity index is 1.90. The summed E-state index contributed by atoms with van der Waals surface area (Å²) in [6, 6.07) is 8.99. The van der Waals surface area contributed by atoms with E-state index >= 15 is 0 Å². The highest BCUT2D eigenvalue weighted by atomic mass is 35.5. The summed E-state index contributed by atoms with van der Waals surface area (Å²) in [5.74, 6) is 0.930. The van der Waals surface area contributed by atoms with E-state index in [4.69, 9.17) is 25.6 Å². The minimum absolute atomic E-state index is 0.0298. The Bertz CT molecular complexity index is 1060. The summed E-state index contributed by atoms with van der Waals surface area (Å²) in [6.45, 7) is 0. The number of nitrogens with zero attached hydrogens (tertiary/aromatic N) is 3. The minimum Gasteiger partial charge on any atom is -0.502 e. The molecule has 144 valence electrons. The number of rotatable bonds is 6. The molecular formula is C18H14ClN3O6. The Kier molecular flexibility index (Phi) is 5.46. The summed E-state index contributed by atoms with van der Waals surface area (Å²) < 4.78 is 15.6. The summed E-state index contributed by atoms with van der Waals surface area (Å²) in [5.41, 5.74) is 0.576. The van der Waals surface area contributed by atoms with Gasteiger partial charge in [-0.15, -0.1) is 0 Å². The second kappa shape index (κ2) is 7.97. The van der Waals surface area contributed by atoms with Crippen molar-refractivity contribution in [3.05, 3.63) is 58.0 Å². The number of aromatic nitrogens is 2. The van der Waals surface area contributed by atoms with Crippen molar-refractivity contribution >= 4 is 28.4 Å². The van der Waals surface area contributed by atoms with Gasteiger partial charge < -0.3 is 19.1 Å². The van der Waals surface area contributed by atoms with Crippen molar-refractivity contribution < 1.29 is 24.0 Å². The van der Waals surface area contributed by atoms with Gasteiger partial charge >= 0.3 is 5.69 Å². The van der Waals surface area contributed by atoms with Crippen molar-refractivity contribution in [3.8, 4) is 28.6 Å². The molecule has 0 aliphatic carbocycles. The van der Waals surface area contributed by atoms with E-state index in [1.54, 1.807) is 18.2 Å². The molecule has 1 N–H and O–H groups in total. The van der Waals surface area contributed by atoms with Crippen molar-refractivity contribution in [1.29, 1.82) is 0 Å². The molecule has 0 unspecified atom stereocenters. The maximum atomic E-state index is 10.9. The van der Waals surface area contributed by atoms with Crippen LogP contribution >= 0.6 is 11.6 Å². The molecule has 1 aromatic heterocycles. The number of aromatic hydroxyl groups is 1. The van der Waals surface area contributed by atoms with E-state index in [-0.39, 0.29) is 16.7 Å². The smallest absolute Gasteiger partial charge is 0.311 e. The first-order valence-electron chi connectivity index (χ1n) is 7.84. The lowest BCUT2D eigenvalue weighted by molar-refractivity contribution is -0.385. The van der Waals surface area contributed by atoms with Gasteiger partial charge in [0, 0.05) is 11.6 Å². The molecule has 9 nitrogen and oxygen atoms in total. The first-order valence-corrected chi connectivity index (χ1v) is 8.21. The number of methoxy groups -OCH3 is 2. The van der Waals surface area contributed by atoms with Crippen LogP contribution in [-0.4, -0.2) is 34.4 Å². The van der Waals surface area contributed by atoms with Crippen LogP contribution in [0.2, 0.25) is 0 Å². The van der Waals surface area contributed by atoms with Gasteiger partial charge in [-0.2, -0.15) is 4.98 Å². The van der Waals surface area contributed by atoms with Gasteiger partial charge in [-0.1, -0.05) is 22.8 Å². The lowest BCUT2D eigenvalue weighted by Gasteiger charge is -2.07. The number of nitro benzene ring substituents is 1. The van der Waals surface area contributed by atoms with Gasteiger partial charge in [0.05, 0.1) is 19.1 Å². The van der Waals surface area contributed by atoms with Crippen LogP contribution < -0.4 is 9.47 Å². The van der Waals surface area contributed by atoms with Crippen LogP contribution in [0, 0.1) is 10.1 Å². The molecule has 2 aromatic carbocycles. The third kappa shape index (κ3) is 3.89. The number of halogens is 1. The van der Waals surface area contributed by atoms with Gasteiger partial charge in [-0.25, -0.2) is 0 Å². The largest absolute Gasteiger partial charge is 0.502 e. The molecule has 0 aliphatic rings. The Morgan fingerprint density at radius 3 is 2.64 bits per heavy atom. The lowest BCUT2D eigenvalue weighted by atomic mass is 10.1. The van der Waals surface area contributed by atoms with Gasteiger partial charge in [0.25, 0.3) is 5.89 Å². The number of nitro groups is 1. The third-order valence-electron chi connectivity index (χ3n) is 3.76. The Labute approximate surface area is 163 Å². The highest BCUT2D eigenvalue weighted by molar-refractivity contribution is 6.50. The Hall–Kier alpha value is -3.59. The zero-order chi connectivity index (χ0) is 20.3. The van der Waals surface area contributed by atoms with Crippen LogP contribution in [0.5, 0.6) is 17.2 Å². The fraction of sp³-hybridized carbons (Fsp3) is 0.111. The molecule has 0 spiro atoms. The van der Waals surface area contributed by atoms with E-state index in [1.165, 1.54) is 38.5 Å². The SMILES string of the molecule is COc1ccc(-c2noc(/C(Cl)=C/c3ccc(O)c([N+](=O)[O-])c3)n2)cc1OC. The highest BCUT2D eigenvalue weighted by Crippen LogP contribution is 2.33. The molecule has 0 radical (unpaired) electrons. The van der Waals surface area contributed by atoms with Gasteiger partial charge in [-0.05, 0) is 35.9 Å². The maximum absolute atomic E-state index is 10.9. The topological polar surface area (TPSA) is 121 Å². The molecule has 0 fully saturated rings. The summed E-state index contributed by atoms with van der Waals surface area (Å²) in [4.78, 5) is 14.5. The zero-order valence-corrected chi connectivity index (χ0v) is 15.5. The summed E-state index contributed by atoms with van der Waals surface area (Å²) >= 11 is 6.21. The normalized spacial score (nSPS) is 11.3. The Morgan fingerprint density at radius 2 is 1.96 bits per heavy atom. The number of benzene rings is 2. The number of phenolic OH excluding ortho intramolecular Hbond substituents is 1. The zero-order valence-electron chi connectivity index (χ0n) is 14.7. The second-order valence-electron chi connectivity index (χ2n) is 5.49. The van der Waals surface area contributed by atoms with E-state index in [0.29, 0.717) is 22.6 Å². The molecule has 0 amide bonds. The molecule has 0 saturated carbocycles. The van der Waals surface area contributed by atoms with Gasteiger partial charge in [-0.3, -0.25) is 10.1 Å². The molecule has 3 aromatic rings. The number of ether oxygens (including phenoxy) is 2. The van der Waals surface area contributed by atoms with E-state index < -0.39 is 16.4 Å². The monoisotopic (exact) mass is 403 g/mol. The van der Waals surface area contributed by atoms with E-state index in [2.05, 4.69) is 10.1 Å². The highest BCUT2D eigenvalue weighted by Gasteiger charge is 2.16. The molecular weight excluding hydrogens is 390 g/mol. The number of hydrogen-bond acceptors (Lipinski definition) is 8. The van der Waals surface area contributed by atoms with Gasteiger partial charge in [0.2, 0.25) is 5.82 Å². The Morgan fingerprint density at radius 1 is 1.21 bits per heavy atom. The fourth-order valence-corrected chi connectivity index (χ4v) is 2.60. The molecule has 1 heterocycles. The van der Waals surface area contributed by atoms with Crippen molar-refractivity contribution in [2.75, 3.05) is 14.2 Å². The molecule has 28 heavy (non-hydrogen) atoms. The summed E-state index contributed by atoms with van der Waals surface area (Å²) in [6.07, 6.45) is 1.42. The van der Waals surface area contributed by atoms with E-state index in [1.807, 2.05) is 0 Å². The standard InChI is InChI=1S/C18H14ClN3O6/c1-26-15-6-4-11(9-16(15)27-2)17-20-18(28-21-17)12(19)7-10-3-5-14(23)13(8-10)22(24)25/h3-9,23H,1-2H3/b12-7-. The molecule has 0 saturated heterocycles. The van der Waals surface area contributed by atoms with Crippen LogP contribution in [0.1, 0.15) is 11.5 Å². The first-order chi connectivity index (χ1) is 13.4. The van der Waals surface area contributed by atoms with Crippen molar-refractivity contribution in [2.24, 2.45) is 0 Å². The van der Waals surface area contributed by atoms with Crippen molar-refractivity contribution in [2.45, 2.75) is 0 Å². The number of hydrogen-bond donors (Lipinski definition) is 1. The molecule has 3 rings (SSSR count). The molecule has 0 atom stereocenters. The minimum atomic E-state index is -0.692. The van der Waals surface area contributed by atoms with E-state index in [9.17, 15) is 15.2 Å². The van der Waals surface area contributed by atoms with E-state index in [0.717, 1.165) is 0 Å². The predicted molar refractivity (Wildman–Crippen MR) is 101 cm³/mol. The van der Waals surface area contributed by atoms with Gasteiger partial charge in [0.15, 0.2) is 17.2 Å². The molecule has 0 bridgehead atoms. The average Bonchev–Trinajstić information content (AvgIpc) is 3.19. The van der Waals surface area contributed by atoms with Crippen molar-refractivity contribution in [1.82, 2.24) is 10.1 Å². The van der Waals surface area contributed by atoms with Gasteiger partial charge in [0.1, 0.15) is 5.03 Å². The lowest BCUT2D eigenvalue weighted by Crippen LogP contribution is -1.91.